The lowest BCUT2D eigenvalue weighted by molar-refractivity contribution is 0.0272. The van der Waals surface area contributed by atoms with Gasteiger partial charge in [-0.15, -0.1) is 0 Å². The summed E-state index contributed by atoms with van der Waals surface area (Å²) in [6.45, 7) is 12.2. The number of nitrogens with zero attached hydrogens (tertiary/aromatic N) is 3. The first-order valence-electron chi connectivity index (χ1n) is 16.8. The van der Waals surface area contributed by atoms with E-state index in [0.29, 0.717) is 24.7 Å². The number of hydrogen-bond acceptors (Lipinski definition) is 6. The molecule has 1 unspecified atom stereocenters. The van der Waals surface area contributed by atoms with Crippen molar-refractivity contribution in [1.82, 2.24) is 14.4 Å². The van der Waals surface area contributed by atoms with E-state index in [9.17, 15) is 9.90 Å². The van der Waals surface area contributed by atoms with E-state index in [4.69, 9.17) is 14.2 Å². The fourth-order valence-corrected chi connectivity index (χ4v) is 6.80. The van der Waals surface area contributed by atoms with Crippen molar-refractivity contribution >= 4 is 16.9 Å². The van der Waals surface area contributed by atoms with Gasteiger partial charge in [0, 0.05) is 62.8 Å². The van der Waals surface area contributed by atoms with Gasteiger partial charge in [0.15, 0.2) is 0 Å². The van der Waals surface area contributed by atoms with Crippen molar-refractivity contribution in [1.29, 1.82) is 0 Å². The average molecular weight is 626 g/mol. The zero-order chi connectivity index (χ0) is 32.0. The second-order valence-electron chi connectivity index (χ2n) is 12.7. The molecular formula is C38H47N3O5. The Bertz CT molecular complexity index is 1620. The Labute approximate surface area is 272 Å². The lowest BCUT2D eigenvalue weighted by Crippen LogP contribution is -2.38. The van der Waals surface area contributed by atoms with Crippen LogP contribution in [0.3, 0.4) is 0 Å². The van der Waals surface area contributed by atoms with Gasteiger partial charge in [-0.05, 0) is 96.5 Å². The fourth-order valence-electron chi connectivity index (χ4n) is 6.80. The third-order valence-electron chi connectivity index (χ3n) is 9.61. The van der Waals surface area contributed by atoms with Gasteiger partial charge in [0.2, 0.25) is 0 Å². The van der Waals surface area contributed by atoms with Crippen molar-refractivity contribution in [2.75, 3.05) is 59.2 Å². The molecule has 8 heteroatoms. The highest BCUT2D eigenvalue weighted by Crippen LogP contribution is 2.40. The summed E-state index contributed by atoms with van der Waals surface area (Å²) in [5, 5.41) is 10.7. The van der Waals surface area contributed by atoms with Crippen LogP contribution in [-0.4, -0.2) is 84.6 Å². The first-order valence-corrected chi connectivity index (χ1v) is 16.8. The van der Waals surface area contributed by atoms with E-state index in [1.807, 2.05) is 25.2 Å². The molecule has 2 saturated heterocycles. The maximum Gasteiger partial charge on any atom is 0.335 e. The van der Waals surface area contributed by atoms with E-state index in [2.05, 4.69) is 58.6 Å². The average Bonchev–Trinajstić information content (AvgIpc) is 3.66. The van der Waals surface area contributed by atoms with Crippen molar-refractivity contribution in [2.24, 2.45) is 7.05 Å². The number of likely N-dealkylation sites (tertiary alicyclic amines) is 1. The van der Waals surface area contributed by atoms with Crippen molar-refractivity contribution in [3.05, 3.63) is 88.8 Å². The van der Waals surface area contributed by atoms with Crippen LogP contribution in [0.1, 0.15) is 61.4 Å². The molecular weight excluding hydrogens is 578 g/mol. The summed E-state index contributed by atoms with van der Waals surface area (Å²) in [7, 11) is 2.03. The number of aromatic carboxylic acids is 1. The van der Waals surface area contributed by atoms with Crippen LogP contribution in [-0.2, 0) is 16.5 Å². The quantitative estimate of drug-likeness (QED) is 0.233. The molecule has 2 aromatic carbocycles. The number of carbonyl (C=O) groups is 1. The predicted octanol–water partition coefficient (Wildman–Crippen LogP) is 6.98. The molecule has 1 N–H and O–H groups in total. The molecule has 0 spiro atoms. The lowest BCUT2D eigenvalue weighted by atomic mass is 9.92. The Morgan fingerprint density at radius 2 is 1.76 bits per heavy atom. The molecule has 0 radical (unpaired) electrons. The molecule has 1 atom stereocenters. The molecule has 3 aliphatic rings. The zero-order valence-electron chi connectivity index (χ0n) is 27.5. The molecule has 3 aromatic rings. The molecule has 0 bridgehead atoms. The highest BCUT2D eigenvalue weighted by Gasteiger charge is 2.22. The van der Waals surface area contributed by atoms with E-state index in [1.165, 1.54) is 29.7 Å². The Balaban J connectivity index is 1.18. The summed E-state index contributed by atoms with van der Waals surface area (Å²) < 4.78 is 20.3. The van der Waals surface area contributed by atoms with E-state index >= 15 is 0 Å². The van der Waals surface area contributed by atoms with Crippen LogP contribution in [0.25, 0.3) is 22.2 Å². The molecule has 0 saturated carbocycles. The summed E-state index contributed by atoms with van der Waals surface area (Å²) >= 11 is 0. The van der Waals surface area contributed by atoms with E-state index in [1.54, 1.807) is 12.1 Å². The molecule has 1 aliphatic carbocycles. The molecule has 6 rings (SSSR count). The fraction of sp³-hybridized carbons (Fsp3) is 0.447. The number of benzene rings is 2. The minimum atomic E-state index is -0.912. The van der Waals surface area contributed by atoms with Crippen LogP contribution in [0.2, 0.25) is 0 Å². The van der Waals surface area contributed by atoms with Crippen molar-refractivity contribution in [3.63, 3.8) is 0 Å². The largest absolute Gasteiger partial charge is 0.496 e. The SMILES string of the molecule is CCC(C)c1c(-c2ccc(OCC3=CC(N4CCCC4)=CC=C(OCCN4CCOCC4)C3)cc2)n(C)c2cc(C(=O)O)ccc12. The summed E-state index contributed by atoms with van der Waals surface area (Å²) in [4.78, 5) is 16.6. The number of carboxylic acid groups (broad SMARTS) is 1. The summed E-state index contributed by atoms with van der Waals surface area (Å²) in [5.41, 5.74) is 7.12. The van der Waals surface area contributed by atoms with Gasteiger partial charge in [0.1, 0.15) is 24.7 Å². The second-order valence-corrected chi connectivity index (χ2v) is 12.7. The van der Waals surface area contributed by atoms with Crippen molar-refractivity contribution < 1.29 is 24.1 Å². The number of allylic oxidation sites excluding steroid dienone is 4. The normalized spacial score (nSPS) is 18.2. The maximum atomic E-state index is 11.7. The predicted molar refractivity (Wildman–Crippen MR) is 182 cm³/mol. The van der Waals surface area contributed by atoms with Gasteiger partial charge in [0.05, 0.1) is 24.5 Å². The van der Waals surface area contributed by atoms with Crippen molar-refractivity contribution in [2.45, 2.75) is 45.4 Å². The third kappa shape index (κ3) is 7.18. The molecule has 2 aliphatic heterocycles. The van der Waals surface area contributed by atoms with Gasteiger partial charge >= 0.3 is 5.97 Å². The first-order chi connectivity index (χ1) is 22.4. The number of carboxylic acids is 1. The van der Waals surface area contributed by atoms with E-state index in [-0.39, 0.29) is 0 Å². The second kappa shape index (κ2) is 14.6. The number of hydrogen-bond donors (Lipinski definition) is 1. The molecule has 46 heavy (non-hydrogen) atoms. The summed E-state index contributed by atoms with van der Waals surface area (Å²) in [6.07, 6.45) is 10.8. The Kier molecular flexibility index (Phi) is 10.1. The standard InChI is InChI=1S/C38H47N3O5/c1-4-27(2)36-34-14-9-30(38(42)43)25-35(34)39(3)37(36)29-7-11-32(12-8-29)46-26-28-23-31(41-15-5-6-16-41)10-13-33(24-28)45-22-19-40-17-20-44-21-18-40/h7-14,23,25,27H,4-6,15-22,24,26H2,1-3H3,(H,42,43). The number of morpholine rings is 1. The number of rotatable bonds is 12. The van der Waals surface area contributed by atoms with Crippen molar-refractivity contribution in [3.8, 4) is 17.0 Å². The lowest BCUT2D eigenvalue weighted by Gasteiger charge is -2.26. The monoisotopic (exact) mass is 625 g/mol. The number of fused-ring (bicyclic) bond motifs is 1. The highest BCUT2D eigenvalue weighted by molar-refractivity contribution is 5.98. The van der Waals surface area contributed by atoms with Crippen LogP contribution in [0, 0.1) is 0 Å². The molecule has 0 amide bonds. The highest BCUT2D eigenvalue weighted by atomic mass is 16.5. The third-order valence-corrected chi connectivity index (χ3v) is 9.61. The van der Waals surface area contributed by atoms with Gasteiger partial charge < -0.3 is 28.8 Å². The van der Waals surface area contributed by atoms with E-state index < -0.39 is 5.97 Å². The van der Waals surface area contributed by atoms with Gasteiger partial charge in [-0.25, -0.2) is 4.79 Å². The number of aromatic nitrogens is 1. The minimum absolute atomic E-state index is 0.301. The topological polar surface area (TPSA) is 76.4 Å². The Morgan fingerprint density at radius 1 is 1.00 bits per heavy atom. The van der Waals surface area contributed by atoms with Crippen LogP contribution < -0.4 is 4.74 Å². The summed E-state index contributed by atoms with van der Waals surface area (Å²) in [5.74, 6) is 1.21. The minimum Gasteiger partial charge on any atom is -0.496 e. The van der Waals surface area contributed by atoms with Gasteiger partial charge in [-0.1, -0.05) is 19.9 Å². The number of aryl methyl sites for hydroxylation is 1. The van der Waals surface area contributed by atoms with Gasteiger partial charge in [-0.3, -0.25) is 4.90 Å². The number of ether oxygens (including phenoxy) is 3. The van der Waals surface area contributed by atoms with Gasteiger partial charge in [0.25, 0.3) is 0 Å². The molecule has 2 fully saturated rings. The molecule has 8 nitrogen and oxygen atoms in total. The molecule has 244 valence electrons. The van der Waals surface area contributed by atoms with E-state index in [0.717, 1.165) is 92.4 Å². The summed E-state index contributed by atoms with van der Waals surface area (Å²) in [6, 6.07) is 13.8. The van der Waals surface area contributed by atoms with Crippen LogP contribution in [0.4, 0.5) is 0 Å². The van der Waals surface area contributed by atoms with Crippen LogP contribution in [0.5, 0.6) is 5.75 Å². The zero-order valence-corrected chi connectivity index (χ0v) is 27.5. The first kappa shape index (κ1) is 32.0. The molecule has 1 aromatic heterocycles. The Morgan fingerprint density at radius 3 is 2.48 bits per heavy atom. The van der Waals surface area contributed by atoms with Gasteiger partial charge in [-0.2, -0.15) is 0 Å². The van der Waals surface area contributed by atoms with Crippen LogP contribution >= 0.6 is 0 Å². The van der Waals surface area contributed by atoms with Crippen LogP contribution in [0.15, 0.2) is 77.7 Å². The Hall–Kier alpha value is -4.01. The smallest absolute Gasteiger partial charge is 0.335 e. The molecule has 3 heterocycles. The maximum absolute atomic E-state index is 11.7.